The molecule has 0 fully saturated rings. The SMILES string of the molecule is CCOCCNC(=S)Nc1cc(Cl)ccc1OC. The zero-order valence-electron chi connectivity index (χ0n) is 10.5. The van der Waals surface area contributed by atoms with Crippen LogP contribution in [0.15, 0.2) is 18.2 Å². The van der Waals surface area contributed by atoms with Crippen LogP contribution in [0.25, 0.3) is 0 Å². The Bertz CT molecular complexity index is 402. The second kappa shape index (κ2) is 8.13. The Morgan fingerprint density at radius 1 is 1.44 bits per heavy atom. The zero-order valence-corrected chi connectivity index (χ0v) is 12.0. The number of nitrogens with one attached hydrogen (secondary N) is 2. The molecule has 0 radical (unpaired) electrons. The van der Waals surface area contributed by atoms with Gasteiger partial charge in [0.15, 0.2) is 5.11 Å². The highest BCUT2D eigenvalue weighted by Gasteiger charge is 2.05. The summed E-state index contributed by atoms with van der Waals surface area (Å²) < 4.78 is 10.4. The number of benzene rings is 1. The fraction of sp³-hybridized carbons (Fsp3) is 0.417. The summed E-state index contributed by atoms with van der Waals surface area (Å²) in [7, 11) is 1.60. The second-order valence-corrected chi connectivity index (χ2v) is 4.27. The number of ether oxygens (including phenoxy) is 2. The third-order valence-electron chi connectivity index (χ3n) is 2.15. The molecule has 0 unspecified atom stereocenters. The van der Waals surface area contributed by atoms with Gasteiger partial charge in [0.25, 0.3) is 0 Å². The predicted octanol–water partition coefficient (Wildman–Crippen LogP) is 2.67. The van der Waals surface area contributed by atoms with Gasteiger partial charge in [0.05, 0.1) is 19.4 Å². The highest BCUT2D eigenvalue weighted by Crippen LogP contribution is 2.27. The van der Waals surface area contributed by atoms with Gasteiger partial charge < -0.3 is 20.1 Å². The van der Waals surface area contributed by atoms with Crippen molar-refractivity contribution >= 4 is 34.6 Å². The molecular formula is C12H17ClN2O2S. The van der Waals surface area contributed by atoms with Gasteiger partial charge in [-0.25, -0.2) is 0 Å². The van der Waals surface area contributed by atoms with E-state index in [1.54, 1.807) is 25.3 Å². The highest BCUT2D eigenvalue weighted by atomic mass is 35.5. The van der Waals surface area contributed by atoms with Crippen molar-refractivity contribution in [3.8, 4) is 5.75 Å². The quantitative estimate of drug-likeness (QED) is 0.622. The number of thiocarbonyl (C=S) groups is 1. The Balaban J connectivity index is 2.50. The van der Waals surface area contributed by atoms with E-state index in [0.717, 1.165) is 5.69 Å². The van der Waals surface area contributed by atoms with Gasteiger partial charge in [0.2, 0.25) is 0 Å². The van der Waals surface area contributed by atoms with E-state index in [9.17, 15) is 0 Å². The number of hydrogen-bond acceptors (Lipinski definition) is 3. The van der Waals surface area contributed by atoms with E-state index in [0.29, 0.717) is 35.6 Å². The van der Waals surface area contributed by atoms with Gasteiger partial charge in [-0.05, 0) is 37.3 Å². The van der Waals surface area contributed by atoms with E-state index < -0.39 is 0 Å². The van der Waals surface area contributed by atoms with Crippen LogP contribution in [0.4, 0.5) is 5.69 Å². The minimum absolute atomic E-state index is 0.510. The van der Waals surface area contributed by atoms with Crippen LogP contribution in [-0.2, 0) is 4.74 Å². The molecule has 0 amide bonds. The summed E-state index contributed by atoms with van der Waals surface area (Å²) in [5.41, 5.74) is 0.735. The first kappa shape index (κ1) is 15.0. The van der Waals surface area contributed by atoms with E-state index in [2.05, 4.69) is 10.6 Å². The molecule has 0 saturated carbocycles. The molecule has 0 aliphatic heterocycles. The predicted molar refractivity (Wildman–Crippen MR) is 78.7 cm³/mol. The van der Waals surface area contributed by atoms with Gasteiger partial charge in [-0.2, -0.15) is 0 Å². The largest absolute Gasteiger partial charge is 0.495 e. The molecule has 0 heterocycles. The molecule has 1 rings (SSSR count). The topological polar surface area (TPSA) is 42.5 Å². The standard InChI is InChI=1S/C12H17ClN2O2S/c1-3-17-7-6-14-12(18)15-10-8-9(13)4-5-11(10)16-2/h4-5,8H,3,6-7H2,1-2H3,(H2,14,15,18). The van der Waals surface area contributed by atoms with E-state index in [4.69, 9.17) is 33.3 Å². The van der Waals surface area contributed by atoms with Crippen LogP contribution >= 0.6 is 23.8 Å². The molecular weight excluding hydrogens is 272 g/mol. The second-order valence-electron chi connectivity index (χ2n) is 3.42. The Labute approximate surface area is 118 Å². The lowest BCUT2D eigenvalue weighted by molar-refractivity contribution is 0.152. The Kier molecular flexibility index (Phi) is 6.78. The fourth-order valence-electron chi connectivity index (χ4n) is 1.33. The van der Waals surface area contributed by atoms with E-state index in [1.807, 2.05) is 6.92 Å². The molecule has 0 saturated heterocycles. The van der Waals surface area contributed by atoms with Gasteiger partial charge in [0.1, 0.15) is 5.75 Å². The molecule has 1 aromatic rings. The van der Waals surface area contributed by atoms with Crippen molar-refractivity contribution in [2.45, 2.75) is 6.92 Å². The Morgan fingerprint density at radius 3 is 2.89 bits per heavy atom. The van der Waals surface area contributed by atoms with Crippen LogP contribution < -0.4 is 15.4 Å². The molecule has 100 valence electrons. The number of rotatable bonds is 6. The molecule has 0 aromatic heterocycles. The molecule has 0 aliphatic rings. The minimum Gasteiger partial charge on any atom is -0.495 e. The minimum atomic E-state index is 0.510. The summed E-state index contributed by atoms with van der Waals surface area (Å²) in [5.74, 6) is 0.688. The van der Waals surface area contributed by atoms with Crippen molar-refractivity contribution in [3.05, 3.63) is 23.2 Å². The van der Waals surface area contributed by atoms with Crippen LogP contribution in [0.5, 0.6) is 5.75 Å². The first-order valence-corrected chi connectivity index (χ1v) is 6.42. The first-order chi connectivity index (χ1) is 8.67. The summed E-state index contributed by atoms with van der Waals surface area (Å²) >= 11 is 11.1. The van der Waals surface area contributed by atoms with Crippen molar-refractivity contribution in [1.29, 1.82) is 0 Å². The van der Waals surface area contributed by atoms with Crippen LogP contribution in [0.1, 0.15) is 6.92 Å². The maximum Gasteiger partial charge on any atom is 0.170 e. The van der Waals surface area contributed by atoms with Crippen LogP contribution in [0, 0.1) is 0 Å². The summed E-state index contributed by atoms with van der Waals surface area (Å²) in [6, 6.07) is 5.31. The van der Waals surface area contributed by atoms with Crippen LogP contribution in [0.2, 0.25) is 5.02 Å². The van der Waals surface area contributed by atoms with Crippen molar-refractivity contribution in [3.63, 3.8) is 0 Å². The zero-order chi connectivity index (χ0) is 13.4. The lowest BCUT2D eigenvalue weighted by atomic mass is 10.3. The van der Waals surface area contributed by atoms with Gasteiger partial charge >= 0.3 is 0 Å². The summed E-state index contributed by atoms with van der Waals surface area (Å²) in [6.45, 7) is 3.92. The molecule has 0 spiro atoms. The van der Waals surface area contributed by atoms with Gasteiger partial charge in [-0.15, -0.1) is 0 Å². The average Bonchev–Trinajstić information content (AvgIpc) is 2.35. The van der Waals surface area contributed by atoms with Crippen molar-refractivity contribution < 1.29 is 9.47 Å². The van der Waals surface area contributed by atoms with Gasteiger partial charge in [-0.3, -0.25) is 0 Å². The van der Waals surface area contributed by atoms with Gasteiger partial charge in [-0.1, -0.05) is 11.6 Å². The smallest absolute Gasteiger partial charge is 0.170 e. The molecule has 0 aliphatic carbocycles. The molecule has 1 aromatic carbocycles. The summed E-state index contributed by atoms with van der Waals surface area (Å²) in [5, 5.41) is 7.20. The fourth-order valence-corrected chi connectivity index (χ4v) is 1.71. The van der Waals surface area contributed by atoms with Crippen molar-refractivity contribution in [2.75, 3.05) is 32.2 Å². The monoisotopic (exact) mass is 288 g/mol. The van der Waals surface area contributed by atoms with Gasteiger partial charge in [0, 0.05) is 18.2 Å². The molecule has 6 heteroatoms. The molecule has 0 bridgehead atoms. The lowest BCUT2D eigenvalue weighted by Crippen LogP contribution is -2.31. The Hall–Kier alpha value is -1.04. The molecule has 2 N–H and O–H groups in total. The first-order valence-electron chi connectivity index (χ1n) is 5.63. The van der Waals surface area contributed by atoms with E-state index >= 15 is 0 Å². The van der Waals surface area contributed by atoms with Crippen LogP contribution in [0.3, 0.4) is 0 Å². The number of hydrogen-bond donors (Lipinski definition) is 2. The summed E-state index contributed by atoms with van der Waals surface area (Å²) in [4.78, 5) is 0. The van der Waals surface area contributed by atoms with Crippen LogP contribution in [-0.4, -0.2) is 32.0 Å². The third kappa shape index (κ3) is 5.08. The Morgan fingerprint density at radius 2 is 2.22 bits per heavy atom. The molecule has 4 nitrogen and oxygen atoms in total. The maximum atomic E-state index is 5.92. The third-order valence-corrected chi connectivity index (χ3v) is 2.63. The average molecular weight is 289 g/mol. The number of anilines is 1. The number of methoxy groups -OCH3 is 1. The van der Waals surface area contributed by atoms with E-state index in [1.165, 1.54) is 0 Å². The molecule has 0 atom stereocenters. The highest BCUT2D eigenvalue weighted by molar-refractivity contribution is 7.80. The van der Waals surface area contributed by atoms with Crippen molar-refractivity contribution in [2.24, 2.45) is 0 Å². The summed E-state index contributed by atoms with van der Waals surface area (Å²) in [6.07, 6.45) is 0. The maximum absolute atomic E-state index is 5.92. The molecule has 18 heavy (non-hydrogen) atoms. The lowest BCUT2D eigenvalue weighted by Gasteiger charge is -2.13. The number of halogens is 1. The normalized spacial score (nSPS) is 9.94. The van der Waals surface area contributed by atoms with E-state index in [-0.39, 0.29) is 0 Å². The van der Waals surface area contributed by atoms with Crippen molar-refractivity contribution in [1.82, 2.24) is 5.32 Å².